The van der Waals surface area contributed by atoms with Gasteiger partial charge in [-0.15, -0.1) is 0 Å². The summed E-state index contributed by atoms with van der Waals surface area (Å²) in [5, 5.41) is 6.73. The minimum absolute atomic E-state index is 0.766. The van der Waals surface area contributed by atoms with E-state index in [1.165, 1.54) is 37.2 Å². The zero-order valence-corrected chi connectivity index (χ0v) is 11.4. The van der Waals surface area contributed by atoms with Crippen molar-refractivity contribution in [3.63, 3.8) is 0 Å². The third kappa shape index (κ3) is 4.39. The third-order valence-electron chi connectivity index (χ3n) is 3.10. The minimum Gasteiger partial charge on any atom is -0.385 e. The van der Waals surface area contributed by atoms with Crippen LogP contribution in [0.5, 0.6) is 0 Å². The van der Waals surface area contributed by atoms with Crippen LogP contribution in [-0.2, 0) is 0 Å². The number of anilines is 1. The van der Waals surface area contributed by atoms with E-state index in [0.29, 0.717) is 0 Å². The number of hydrogen-bond donors (Lipinski definition) is 2. The largest absolute Gasteiger partial charge is 0.385 e. The number of piperidine rings is 1. The number of benzene rings is 1. The summed E-state index contributed by atoms with van der Waals surface area (Å²) in [6.45, 7) is 9.45. The van der Waals surface area contributed by atoms with Gasteiger partial charge in [0.05, 0.1) is 0 Å². The number of rotatable bonds is 3. The monoisotopic (exact) mass is 234 g/mol. The van der Waals surface area contributed by atoms with Gasteiger partial charge in [-0.05, 0) is 56.5 Å². The van der Waals surface area contributed by atoms with Gasteiger partial charge in [-0.25, -0.2) is 0 Å². The summed E-state index contributed by atoms with van der Waals surface area (Å²) in [6, 6.07) is 8.93. The van der Waals surface area contributed by atoms with Gasteiger partial charge >= 0.3 is 0 Å². The van der Waals surface area contributed by atoms with E-state index in [4.69, 9.17) is 0 Å². The first-order chi connectivity index (χ1) is 8.40. The Kier molecular flexibility index (Phi) is 6.71. The highest BCUT2D eigenvalue weighted by Crippen LogP contribution is 2.25. The van der Waals surface area contributed by atoms with E-state index in [-0.39, 0.29) is 0 Å². The molecule has 0 aliphatic carbocycles. The van der Waals surface area contributed by atoms with Gasteiger partial charge in [-0.2, -0.15) is 0 Å². The van der Waals surface area contributed by atoms with Crippen LogP contribution in [0.15, 0.2) is 24.3 Å². The van der Waals surface area contributed by atoms with Crippen LogP contribution < -0.4 is 10.6 Å². The molecule has 96 valence electrons. The quantitative estimate of drug-likeness (QED) is 0.835. The van der Waals surface area contributed by atoms with E-state index >= 15 is 0 Å². The molecule has 1 heterocycles. The highest BCUT2D eigenvalue weighted by atomic mass is 14.9. The summed E-state index contributed by atoms with van der Waals surface area (Å²) in [6.07, 6.45) is 2.56. The maximum atomic E-state index is 3.40. The Balaban J connectivity index is 0.000000686. The Labute approximate surface area is 106 Å². The molecule has 2 rings (SSSR count). The van der Waals surface area contributed by atoms with E-state index in [0.717, 1.165) is 12.5 Å². The molecule has 0 amide bonds. The normalized spacial score (nSPS) is 15.9. The molecule has 2 heteroatoms. The van der Waals surface area contributed by atoms with Gasteiger partial charge < -0.3 is 10.6 Å². The van der Waals surface area contributed by atoms with Gasteiger partial charge in [0.1, 0.15) is 0 Å². The first-order valence-corrected chi connectivity index (χ1v) is 6.94. The molecular weight excluding hydrogens is 208 g/mol. The van der Waals surface area contributed by atoms with Crippen LogP contribution in [0, 0.1) is 0 Å². The fourth-order valence-corrected chi connectivity index (χ4v) is 2.23. The van der Waals surface area contributed by atoms with Crippen LogP contribution >= 0.6 is 0 Å². The number of nitrogens with one attached hydrogen (secondary N) is 2. The molecule has 0 radical (unpaired) electrons. The fraction of sp³-hybridized carbons (Fsp3) is 0.600. The Morgan fingerprint density at radius 1 is 1.12 bits per heavy atom. The average Bonchev–Trinajstić information content (AvgIpc) is 2.43. The van der Waals surface area contributed by atoms with E-state index in [1.54, 1.807) is 0 Å². The molecule has 1 saturated heterocycles. The molecule has 0 aromatic heterocycles. The SMILES string of the molecule is CC.CCNc1ccc(C2CCNCC2)cc1. The lowest BCUT2D eigenvalue weighted by molar-refractivity contribution is 0.460. The molecule has 0 unspecified atom stereocenters. The Hall–Kier alpha value is -1.02. The van der Waals surface area contributed by atoms with E-state index in [1.807, 2.05) is 13.8 Å². The lowest BCUT2D eigenvalue weighted by Gasteiger charge is -2.23. The second kappa shape index (κ2) is 8.13. The van der Waals surface area contributed by atoms with Gasteiger partial charge in [-0.3, -0.25) is 0 Å². The van der Waals surface area contributed by atoms with Crippen molar-refractivity contribution in [2.45, 2.75) is 39.5 Å². The van der Waals surface area contributed by atoms with Crippen molar-refractivity contribution in [2.75, 3.05) is 25.0 Å². The molecule has 17 heavy (non-hydrogen) atoms. The highest BCUT2D eigenvalue weighted by molar-refractivity contribution is 5.45. The summed E-state index contributed by atoms with van der Waals surface area (Å²) < 4.78 is 0. The van der Waals surface area contributed by atoms with Crippen LogP contribution in [0.25, 0.3) is 0 Å². The van der Waals surface area contributed by atoms with Crippen LogP contribution in [0.3, 0.4) is 0 Å². The van der Waals surface area contributed by atoms with E-state index in [9.17, 15) is 0 Å². The Morgan fingerprint density at radius 2 is 1.71 bits per heavy atom. The number of hydrogen-bond acceptors (Lipinski definition) is 2. The predicted octanol–water partition coefficient (Wildman–Crippen LogP) is 3.61. The van der Waals surface area contributed by atoms with Crippen molar-refractivity contribution in [3.8, 4) is 0 Å². The van der Waals surface area contributed by atoms with Crippen molar-refractivity contribution in [2.24, 2.45) is 0 Å². The Morgan fingerprint density at radius 3 is 2.24 bits per heavy atom. The summed E-state index contributed by atoms with van der Waals surface area (Å²) in [7, 11) is 0. The van der Waals surface area contributed by atoms with Crippen molar-refractivity contribution in [1.82, 2.24) is 5.32 Å². The predicted molar refractivity (Wildman–Crippen MR) is 76.8 cm³/mol. The smallest absolute Gasteiger partial charge is 0.0340 e. The lowest BCUT2D eigenvalue weighted by Crippen LogP contribution is -2.26. The van der Waals surface area contributed by atoms with Crippen LogP contribution in [-0.4, -0.2) is 19.6 Å². The zero-order chi connectivity index (χ0) is 12.5. The Bertz CT molecular complexity index is 286. The van der Waals surface area contributed by atoms with Crippen molar-refractivity contribution < 1.29 is 0 Å². The van der Waals surface area contributed by atoms with Gasteiger partial charge in [-0.1, -0.05) is 26.0 Å². The molecule has 0 bridgehead atoms. The van der Waals surface area contributed by atoms with Crippen LogP contribution in [0.4, 0.5) is 5.69 Å². The lowest BCUT2D eigenvalue weighted by atomic mass is 9.90. The molecule has 1 fully saturated rings. The van der Waals surface area contributed by atoms with Gasteiger partial charge in [0, 0.05) is 12.2 Å². The fourth-order valence-electron chi connectivity index (χ4n) is 2.23. The molecule has 1 aliphatic heterocycles. The topological polar surface area (TPSA) is 24.1 Å². The van der Waals surface area contributed by atoms with Crippen molar-refractivity contribution in [1.29, 1.82) is 0 Å². The second-order valence-corrected chi connectivity index (χ2v) is 4.18. The second-order valence-electron chi connectivity index (χ2n) is 4.18. The maximum absolute atomic E-state index is 3.40. The molecule has 0 atom stereocenters. The molecule has 0 spiro atoms. The van der Waals surface area contributed by atoms with Gasteiger partial charge in [0.2, 0.25) is 0 Å². The summed E-state index contributed by atoms with van der Waals surface area (Å²) in [4.78, 5) is 0. The summed E-state index contributed by atoms with van der Waals surface area (Å²) >= 11 is 0. The van der Waals surface area contributed by atoms with Crippen LogP contribution in [0.2, 0.25) is 0 Å². The van der Waals surface area contributed by atoms with Gasteiger partial charge in [0.25, 0.3) is 0 Å². The molecule has 1 aromatic carbocycles. The average molecular weight is 234 g/mol. The van der Waals surface area contributed by atoms with Crippen molar-refractivity contribution >= 4 is 5.69 Å². The summed E-state index contributed by atoms with van der Waals surface area (Å²) in [5.74, 6) is 0.766. The van der Waals surface area contributed by atoms with E-state index < -0.39 is 0 Å². The molecule has 2 N–H and O–H groups in total. The van der Waals surface area contributed by atoms with E-state index in [2.05, 4.69) is 41.8 Å². The molecule has 1 aliphatic rings. The zero-order valence-electron chi connectivity index (χ0n) is 11.4. The third-order valence-corrected chi connectivity index (χ3v) is 3.10. The highest BCUT2D eigenvalue weighted by Gasteiger charge is 2.14. The van der Waals surface area contributed by atoms with Crippen molar-refractivity contribution in [3.05, 3.63) is 29.8 Å². The summed E-state index contributed by atoms with van der Waals surface area (Å²) in [5.41, 5.74) is 2.73. The minimum atomic E-state index is 0.766. The van der Waals surface area contributed by atoms with Crippen LogP contribution in [0.1, 0.15) is 45.1 Å². The first-order valence-electron chi connectivity index (χ1n) is 6.94. The van der Waals surface area contributed by atoms with Gasteiger partial charge in [0.15, 0.2) is 0 Å². The molecule has 2 nitrogen and oxygen atoms in total. The maximum Gasteiger partial charge on any atom is 0.0340 e. The first kappa shape index (κ1) is 14.0. The molecule has 0 saturated carbocycles. The molecule has 1 aromatic rings. The standard InChI is InChI=1S/C13H20N2.C2H6/c1-2-15-13-5-3-11(4-6-13)12-7-9-14-10-8-12;1-2/h3-6,12,14-15H,2,7-10H2,1H3;1-2H3. The molecular formula is C15H26N2.